The van der Waals surface area contributed by atoms with Gasteiger partial charge in [-0.1, -0.05) is 12.1 Å². The number of hydrogen-bond acceptors (Lipinski definition) is 2. The lowest BCUT2D eigenvalue weighted by Crippen LogP contribution is -2.08. The largest absolute Gasteiger partial charge is 0.298 e. The first-order valence-electron chi connectivity index (χ1n) is 4.71. The molecule has 0 N–H and O–H groups in total. The third-order valence-corrected chi connectivity index (χ3v) is 3.72. The van der Waals surface area contributed by atoms with E-state index in [9.17, 15) is 9.18 Å². The van der Waals surface area contributed by atoms with Crippen molar-refractivity contribution >= 4 is 17.5 Å². The van der Waals surface area contributed by atoms with E-state index in [1.165, 1.54) is 17.8 Å². The van der Waals surface area contributed by atoms with Gasteiger partial charge in [0, 0.05) is 11.3 Å². The minimum Gasteiger partial charge on any atom is -0.298 e. The van der Waals surface area contributed by atoms with Gasteiger partial charge in [-0.25, -0.2) is 4.39 Å². The topological polar surface area (TPSA) is 17.1 Å². The van der Waals surface area contributed by atoms with Gasteiger partial charge in [0.25, 0.3) is 0 Å². The van der Waals surface area contributed by atoms with Gasteiger partial charge in [-0.05, 0) is 25.0 Å². The molecule has 3 heteroatoms. The maximum absolute atomic E-state index is 13.2. The molecule has 74 valence electrons. The van der Waals surface area contributed by atoms with Crippen LogP contribution in [0.3, 0.4) is 0 Å². The van der Waals surface area contributed by atoms with Gasteiger partial charge >= 0.3 is 0 Å². The highest BCUT2D eigenvalue weighted by Gasteiger charge is 2.25. The Kier molecular flexibility index (Phi) is 2.87. The van der Waals surface area contributed by atoms with Gasteiger partial charge in [0.2, 0.25) is 0 Å². The molecule has 1 aliphatic carbocycles. The van der Waals surface area contributed by atoms with Crippen LogP contribution in [-0.4, -0.2) is 11.0 Å². The monoisotopic (exact) mass is 210 g/mol. The summed E-state index contributed by atoms with van der Waals surface area (Å²) in [6.45, 7) is 0. The molecule has 1 unspecified atom stereocenters. The molecule has 0 spiro atoms. The van der Waals surface area contributed by atoms with E-state index in [1.807, 2.05) is 0 Å². The molecule has 1 nitrogen and oxygen atoms in total. The average Bonchev–Trinajstić information content (AvgIpc) is 2.56. The lowest BCUT2D eigenvalue weighted by atomic mass is 10.3. The fourth-order valence-corrected chi connectivity index (χ4v) is 2.78. The number of carbonyl (C=O) groups excluding carboxylic acids is 1. The van der Waals surface area contributed by atoms with Crippen LogP contribution in [0.4, 0.5) is 4.39 Å². The molecule has 14 heavy (non-hydrogen) atoms. The van der Waals surface area contributed by atoms with Crippen molar-refractivity contribution in [1.29, 1.82) is 0 Å². The number of Topliss-reactive ketones (excluding diaryl/α,β-unsaturated/α-hetero) is 1. The second-order valence-corrected chi connectivity index (χ2v) is 4.64. The van der Waals surface area contributed by atoms with Gasteiger partial charge in [0.15, 0.2) is 0 Å². The average molecular weight is 210 g/mol. The standard InChI is InChI=1S/C11H11FOS/c12-8-4-1-2-6-10(8)14-11-7-3-5-9(11)13/h1-2,4,6,11H,3,5,7H2. The molecule has 2 rings (SSSR count). The Hall–Kier alpha value is -0.830. The van der Waals surface area contributed by atoms with Gasteiger partial charge in [-0.2, -0.15) is 0 Å². The Morgan fingerprint density at radius 3 is 2.79 bits per heavy atom. The predicted octanol–water partition coefficient (Wildman–Crippen LogP) is 3.04. The first kappa shape index (κ1) is 9.71. The van der Waals surface area contributed by atoms with Crippen molar-refractivity contribution in [3.8, 4) is 0 Å². The minimum absolute atomic E-state index is 0.0214. The highest BCUT2D eigenvalue weighted by molar-refractivity contribution is 8.00. The van der Waals surface area contributed by atoms with Crippen LogP contribution in [0.5, 0.6) is 0 Å². The van der Waals surface area contributed by atoms with Gasteiger partial charge in [0.05, 0.1) is 5.25 Å². The number of ketones is 1. The normalized spacial score (nSPS) is 21.5. The van der Waals surface area contributed by atoms with Gasteiger partial charge < -0.3 is 0 Å². The van der Waals surface area contributed by atoms with Crippen LogP contribution < -0.4 is 0 Å². The lowest BCUT2D eigenvalue weighted by Gasteiger charge is -2.07. The van der Waals surface area contributed by atoms with Crippen molar-refractivity contribution < 1.29 is 9.18 Å². The molecule has 1 aliphatic rings. The van der Waals surface area contributed by atoms with Crippen LogP contribution in [0.2, 0.25) is 0 Å². The smallest absolute Gasteiger partial charge is 0.146 e. The third-order valence-electron chi connectivity index (χ3n) is 2.35. The number of halogens is 1. The zero-order valence-corrected chi connectivity index (χ0v) is 8.52. The Morgan fingerprint density at radius 2 is 2.14 bits per heavy atom. The third kappa shape index (κ3) is 1.98. The summed E-state index contributed by atoms with van der Waals surface area (Å²) in [5.41, 5.74) is 0. The van der Waals surface area contributed by atoms with Crippen molar-refractivity contribution in [2.45, 2.75) is 29.4 Å². The molecule has 0 saturated heterocycles. The summed E-state index contributed by atoms with van der Waals surface area (Å²) in [4.78, 5) is 11.9. The molecule has 1 atom stereocenters. The molecule has 0 bridgehead atoms. The molecule has 1 fully saturated rings. The summed E-state index contributed by atoms with van der Waals surface area (Å²) in [5, 5.41) is -0.0214. The maximum atomic E-state index is 13.2. The summed E-state index contributed by atoms with van der Waals surface area (Å²) in [6.07, 6.45) is 2.49. The van der Waals surface area contributed by atoms with Crippen LogP contribution in [0.15, 0.2) is 29.2 Å². The van der Waals surface area contributed by atoms with Crippen LogP contribution in [0.25, 0.3) is 0 Å². The second kappa shape index (κ2) is 4.13. The number of carbonyl (C=O) groups is 1. The Morgan fingerprint density at radius 1 is 1.36 bits per heavy atom. The highest BCUT2D eigenvalue weighted by Crippen LogP contribution is 2.33. The Balaban J connectivity index is 2.10. The van der Waals surface area contributed by atoms with Gasteiger partial charge in [-0.15, -0.1) is 11.8 Å². The predicted molar refractivity (Wildman–Crippen MR) is 54.9 cm³/mol. The second-order valence-electron chi connectivity index (χ2n) is 3.40. The summed E-state index contributed by atoms with van der Waals surface area (Å²) in [7, 11) is 0. The summed E-state index contributed by atoms with van der Waals surface area (Å²) in [5.74, 6) is 0.0375. The van der Waals surface area contributed by atoms with E-state index in [2.05, 4.69) is 0 Å². The van der Waals surface area contributed by atoms with Crippen LogP contribution in [0.1, 0.15) is 19.3 Å². The molecule has 1 aromatic carbocycles. The van der Waals surface area contributed by atoms with E-state index in [-0.39, 0.29) is 16.9 Å². The molecular formula is C11H11FOS. The zero-order valence-electron chi connectivity index (χ0n) is 7.70. The van der Waals surface area contributed by atoms with Crippen molar-refractivity contribution in [1.82, 2.24) is 0 Å². The molecular weight excluding hydrogens is 199 g/mol. The number of rotatable bonds is 2. The maximum Gasteiger partial charge on any atom is 0.146 e. The molecule has 0 radical (unpaired) electrons. The van der Waals surface area contributed by atoms with Crippen molar-refractivity contribution in [3.63, 3.8) is 0 Å². The molecule has 0 heterocycles. The van der Waals surface area contributed by atoms with Crippen LogP contribution in [-0.2, 0) is 4.79 Å². The van der Waals surface area contributed by atoms with Crippen LogP contribution >= 0.6 is 11.8 Å². The summed E-state index contributed by atoms with van der Waals surface area (Å²) in [6, 6.07) is 6.62. The molecule has 0 amide bonds. The lowest BCUT2D eigenvalue weighted by molar-refractivity contribution is -0.116. The Bertz CT molecular complexity index is 351. The molecule has 0 aliphatic heterocycles. The number of benzene rings is 1. The van der Waals surface area contributed by atoms with E-state index in [0.717, 1.165) is 12.8 Å². The van der Waals surface area contributed by atoms with E-state index < -0.39 is 0 Å². The Labute approximate surface area is 86.7 Å². The zero-order chi connectivity index (χ0) is 9.97. The number of thioether (sulfide) groups is 1. The van der Waals surface area contributed by atoms with Crippen molar-refractivity contribution in [2.24, 2.45) is 0 Å². The fourth-order valence-electron chi connectivity index (χ4n) is 1.60. The van der Waals surface area contributed by atoms with Crippen LogP contribution in [0, 0.1) is 5.82 Å². The molecule has 1 saturated carbocycles. The van der Waals surface area contributed by atoms with Gasteiger partial charge in [-0.3, -0.25) is 4.79 Å². The summed E-state index contributed by atoms with van der Waals surface area (Å²) >= 11 is 1.36. The van der Waals surface area contributed by atoms with E-state index in [0.29, 0.717) is 11.3 Å². The summed E-state index contributed by atoms with van der Waals surface area (Å²) < 4.78 is 13.2. The van der Waals surface area contributed by atoms with E-state index in [1.54, 1.807) is 18.2 Å². The van der Waals surface area contributed by atoms with Crippen molar-refractivity contribution in [3.05, 3.63) is 30.1 Å². The first-order chi connectivity index (χ1) is 6.77. The van der Waals surface area contributed by atoms with E-state index >= 15 is 0 Å². The highest BCUT2D eigenvalue weighted by atomic mass is 32.2. The molecule has 0 aromatic heterocycles. The SMILES string of the molecule is O=C1CCCC1Sc1ccccc1F. The minimum atomic E-state index is -0.225. The van der Waals surface area contributed by atoms with E-state index in [4.69, 9.17) is 0 Å². The van der Waals surface area contributed by atoms with Gasteiger partial charge in [0.1, 0.15) is 11.6 Å². The first-order valence-corrected chi connectivity index (χ1v) is 5.59. The number of hydrogen-bond donors (Lipinski definition) is 0. The fraction of sp³-hybridized carbons (Fsp3) is 0.364. The van der Waals surface area contributed by atoms with Crippen molar-refractivity contribution in [2.75, 3.05) is 0 Å². The quantitative estimate of drug-likeness (QED) is 0.746. The molecule has 1 aromatic rings.